The molecule has 0 atom stereocenters. The van der Waals surface area contributed by atoms with Crippen molar-refractivity contribution in [1.82, 2.24) is 15.0 Å². The van der Waals surface area contributed by atoms with Gasteiger partial charge in [-0.15, -0.1) is 11.3 Å². The van der Waals surface area contributed by atoms with Crippen molar-refractivity contribution in [3.63, 3.8) is 0 Å². The van der Waals surface area contributed by atoms with Crippen LogP contribution >= 0.6 is 11.3 Å². The van der Waals surface area contributed by atoms with Gasteiger partial charge in [-0.25, -0.2) is 9.97 Å². The Morgan fingerprint density at radius 1 is 1.11 bits per heavy atom. The first-order valence-electron chi connectivity index (χ1n) is 6.03. The second-order valence-electron chi connectivity index (χ2n) is 4.37. The molecule has 0 radical (unpaired) electrons. The molecule has 2 heterocycles. The molecule has 0 amide bonds. The Bertz CT molecular complexity index is 528. The fourth-order valence-corrected chi connectivity index (χ4v) is 2.57. The predicted octanol–water partition coefficient (Wildman–Crippen LogP) is 2.82. The lowest BCUT2D eigenvalue weighted by atomic mass is 10.3. The van der Waals surface area contributed by atoms with Gasteiger partial charge in [0.15, 0.2) is 0 Å². The van der Waals surface area contributed by atoms with Crippen LogP contribution in [0.2, 0.25) is 0 Å². The van der Waals surface area contributed by atoms with Crippen molar-refractivity contribution in [1.29, 1.82) is 0 Å². The lowest BCUT2D eigenvalue weighted by Gasteiger charge is -2.07. The average Bonchev–Trinajstić information content (AvgIpc) is 2.63. The molecule has 0 saturated heterocycles. The number of aromatic nitrogens is 3. The first kappa shape index (κ1) is 13.0. The number of thiazole rings is 1. The second kappa shape index (κ2) is 5.44. The first-order chi connectivity index (χ1) is 8.56. The third kappa shape index (κ3) is 3.04. The van der Waals surface area contributed by atoms with Crippen molar-refractivity contribution in [2.24, 2.45) is 0 Å². The second-order valence-corrected chi connectivity index (χ2v) is 5.66. The number of nitrogens with zero attached hydrogens (tertiary/aromatic N) is 3. The van der Waals surface area contributed by atoms with Gasteiger partial charge in [0.1, 0.15) is 5.82 Å². The van der Waals surface area contributed by atoms with Gasteiger partial charge in [-0.1, -0.05) is 0 Å². The Balaban J connectivity index is 1.94. The number of rotatable bonds is 4. The summed E-state index contributed by atoms with van der Waals surface area (Å²) in [4.78, 5) is 14.5. The summed E-state index contributed by atoms with van der Waals surface area (Å²) in [6.45, 7) is 8.92. The van der Waals surface area contributed by atoms with E-state index in [9.17, 15) is 0 Å². The molecule has 5 heteroatoms. The molecule has 0 saturated carbocycles. The number of hydrogen-bond donors (Lipinski definition) is 1. The maximum atomic E-state index is 4.52. The van der Waals surface area contributed by atoms with Crippen LogP contribution in [0.4, 0.5) is 5.82 Å². The molecule has 96 valence electrons. The molecule has 0 spiro atoms. The van der Waals surface area contributed by atoms with Crippen LogP contribution < -0.4 is 5.32 Å². The smallest absolute Gasteiger partial charge is 0.147 e. The van der Waals surface area contributed by atoms with Crippen LogP contribution in [-0.4, -0.2) is 21.5 Å². The minimum Gasteiger partial charge on any atom is -0.368 e. The zero-order valence-electron chi connectivity index (χ0n) is 11.2. The number of hydrogen-bond acceptors (Lipinski definition) is 5. The number of nitrogens with one attached hydrogen (secondary N) is 1. The highest BCUT2D eigenvalue weighted by atomic mass is 32.1. The average molecular weight is 262 g/mol. The number of aryl methyl sites for hydroxylation is 4. The van der Waals surface area contributed by atoms with Crippen molar-refractivity contribution in [3.05, 3.63) is 33.2 Å². The lowest BCUT2D eigenvalue weighted by Crippen LogP contribution is -2.09. The monoisotopic (exact) mass is 262 g/mol. The summed E-state index contributed by atoms with van der Waals surface area (Å²) in [5.74, 6) is 0.875. The minimum atomic E-state index is 0.839. The van der Waals surface area contributed by atoms with E-state index in [1.54, 1.807) is 17.5 Å². The first-order valence-corrected chi connectivity index (χ1v) is 6.85. The third-order valence-corrected chi connectivity index (χ3v) is 3.91. The van der Waals surface area contributed by atoms with Gasteiger partial charge in [0, 0.05) is 24.0 Å². The summed E-state index contributed by atoms with van der Waals surface area (Å²) in [5.41, 5.74) is 3.01. The van der Waals surface area contributed by atoms with Gasteiger partial charge in [-0.05, 0) is 27.7 Å². The third-order valence-electron chi connectivity index (χ3n) is 2.78. The van der Waals surface area contributed by atoms with Crippen LogP contribution in [0.5, 0.6) is 0 Å². The van der Waals surface area contributed by atoms with Crippen LogP contribution in [-0.2, 0) is 6.42 Å². The molecule has 0 fully saturated rings. The van der Waals surface area contributed by atoms with Crippen molar-refractivity contribution < 1.29 is 0 Å². The summed E-state index contributed by atoms with van der Waals surface area (Å²) >= 11 is 1.77. The van der Waals surface area contributed by atoms with E-state index in [0.717, 1.165) is 35.9 Å². The Hall–Kier alpha value is -1.49. The summed E-state index contributed by atoms with van der Waals surface area (Å²) in [5, 5.41) is 4.50. The van der Waals surface area contributed by atoms with E-state index >= 15 is 0 Å². The van der Waals surface area contributed by atoms with Crippen LogP contribution in [0.3, 0.4) is 0 Å². The van der Waals surface area contributed by atoms with E-state index in [1.807, 2.05) is 13.8 Å². The molecule has 1 N–H and O–H groups in total. The maximum absolute atomic E-state index is 4.52. The van der Waals surface area contributed by atoms with Gasteiger partial charge in [0.05, 0.1) is 22.1 Å². The van der Waals surface area contributed by atoms with Gasteiger partial charge >= 0.3 is 0 Å². The Kier molecular flexibility index (Phi) is 3.91. The highest BCUT2D eigenvalue weighted by Crippen LogP contribution is 2.17. The number of anilines is 1. The topological polar surface area (TPSA) is 50.7 Å². The fraction of sp³-hybridized carbons (Fsp3) is 0.462. The Morgan fingerprint density at radius 2 is 1.89 bits per heavy atom. The largest absolute Gasteiger partial charge is 0.368 e. The van der Waals surface area contributed by atoms with Crippen molar-refractivity contribution in [2.75, 3.05) is 11.9 Å². The van der Waals surface area contributed by atoms with Crippen LogP contribution in [0.1, 0.15) is 27.0 Å². The van der Waals surface area contributed by atoms with Crippen molar-refractivity contribution >= 4 is 17.2 Å². The molecule has 0 bridgehead atoms. The quantitative estimate of drug-likeness (QED) is 0.920. The van der Waals surface area contributed by atoms with E-state index in [1.165, 1.54) is 9.88 Å². The van der Waals surface area contributed by atoms with E-state index in [-0.39, 0.29) is 0 Å². The van der Waals surface area contributed by atoms with Crippen LogP contribution in [0.15, 0.2) is 6.20 Å². The van der Waals surface area contributed by atoms with Gasteiger partial charge in [0.2, 0.25) is 0 Å². The zero-order valence-corrected chi connectivity index (χ0v) is 12.1. The van der Waals surface area contributed by atoms with E-state index in [4.69, 9.17) is 0 Å². The van der Waals surface area contributed by atoms with E-state index < -0.39 is 0 Å². The van der Waals surface area contributed by atoms with Crippen molar-refractivity contribution in [2.45, 2.75) is 34.1 Å². The van der Waals surface area contributed by atoms with Gasteiger partial charge in [-0.3, -0.25) is 4.98 Å². The van der Waals surface area contributed by atoms with Crippen molar-refractivity contribution in [3.8, 4) is 0 Å². The molecular formula is C13H18N4S. The zero-order chi connectivity index (χ0) is 13.1. The molecule has 2 aromatic heterocycles. The van der Waals surface area contributed by atoms with Gasteiger partial charge in [-0.2, -0.15) is 0 Å². The van der Waals surface area contributed by atoms with Gasteiger partial charge in [0.25, 0.3) is 0 Å². The van der Waals surface area contributed by atoms with Crippen LogP contribution in [0, 0.1) is 27.7 Å². The molecule has 0 aliphatic heterocycles. The molecule has 2 aromatic rings. The molecule has 0 aromatic carbocycles. The predicted molar refractivity (Wildman–Crippen MR) is 75.3 cm³/mol. The summed E-state index contributed by atoms with van der Waals surface area (Å²) < 4.78 is 0. The normalized spacial score (nSPS) is 10.7. The molecule has 0 aliphatic rings. The highest BCUT2D eigenvalue weighted by molar-refractivity contribution is 7.11. The lowest BCUT2D eigenvalue weighted by molar-refractivity contribution is 0.956. The Labute approximate surface area is 112 Å². The molecule has 2 rings (SSSR count). The van der Waals surface area contributed by atoms with Crippen LogP contribution in [0.25, 0.3) is 0 Å². The summed E-state index contributed by atoms with van der Waals surface area (Å²) in [6, 6.07) is 0. The van der Waals surface area contributed by atoms with E-state index in [2.05, 4.69) is 34.1 Å². The van der Waals surface area contributed by atoms with E-state index in [0.29, 0.717) is 0 Å². The molecule has 0 aliphatic carbocycles. The minimum absolute atomic E-state index is 0.839. The highest BCUT2D eigenvalue weighted by Gasteiger charge is 2.05. The SMILES string of the molecule is Cc1cnc(C)c(NCCc2nc(C)c(C)s2)n1. The molecule has 18 heavy (non-hydrogen) atoms. The Morgan fingerprint density at radius 3 is 2.56 bits per heavy atom. The molecule has 0 unspecified atom stereocenters. The summed E-state index contributed by atoms with van der Waals surface area (Å²) in [7, 11) is 0. The maximum Gasteiger partial charge on any atom is 0.147 e. The fourth-order valence-electron chi connectivity index (χ4n) is 1.64. The van der Waals surface area contributed by atoms with Gasteiger partial charge < -0.3 is 5.32 Å². The summed E-state index contributed by atoms with van der Waals surface area (Å²) in [6.07, 6.45) is 2.71. The standard InChI is InChI=1S/C13H18N4S/c1-8-7-15-10(3)13(16-8)14-6-5-12-17-9(2)11(4)18-12/h7H,5-6H2,1-4H3,(H,14,16). The molecular weight excluding hydrogens is 244 g/mol. The molecule has 4 nitrogen and oxygen atoms in total.